The zero-order valence-electron chi connectivity index (χ0n) is 16.4. The molecule has 1 saturated heterocycles. The molecule has 9 heteroatoms. The summed E-state index contributed by atoms with van der Waals surface area (Å²) in [5.41, 5.74) is 0.940. The SMILES string of the molecule is C[C@H](c1nc2ccccc2s1)N(C)C(=O)Cc1ccc(S(=O)(=O)N2CCCC2)s1. The fourth-order valence-electron chi connectivity index (χ4n) is 3.37. The van der Waals surface area contributed by atoms with Gasteiger partial charge in [-0.05, 0) is 44.0 Å². The van der Waals surface area contributed by atoms with Crippen molar-refractivity contribution < 1.29 is 13.2 Å². The summed E-state index contributed by atoms with van der Waals surface area (Å²) < 4.78 is 28.3. The maximum atomic E-state index is 12.8. The molecular formula is C20H23N3O3S3. The molecule has 0 bridgehead atoms. The molecular weight excluding hydrogens is 426 g/mol. The van der Waals surface area contributed by atoms with Crippen LogP contribution in [0.1, 0.15) is 35.7 Å². The van der Waals surface area contributed by atoms with E-state index in [9.17, 15) is 13.2 Å². The Morgan fingerprint density at radius 3 is 2.62 bits per heavy atom. The molecule has 1 aliphatic heterocycles. The van der Waals surface area contributed by atoms with Crippen LogP contribution in [0.15, 0.2) is 40.6 Å². The van der Waals surface area contributed by atoms with Gasteiger partial charge in [-0.3, -0.25) is 4.79 Å². The Bertz CT molecular complexity index is 1100. The fourth-order valence-corrected chi connectivity index (χ4v) is 7.45. The largest absolute Gasteiger partial charge is 0.336 e. The van der Waals surface area contributed by atoms with Gasteiger partial charge in [-0.25, -0.2) is 13.4 Å². The molecule has 0 saturated carbocycles. The topological polar surface area (TPSA) is 70.6 Å². The van der Waals surface area contributed by atoms with E-state index in [1.54, 1.807) is 35.4 Å². The number of thiophene rings is 1. The molecule has 0 aliphatic carbocycles. The monoisotopic (exact) mass is 449 g/mol. The zero-order chi connectivity index (χ0) is 20.6. The van der Waals surface area contributed by atoms with Gasteiger partial charge in [0, 0.05) is 25.0 Å². The van der Waals surface area contributed by atoms with E-state index >= 15 is 0 Å². The smallest absolute Gasteiger partial charge is 0.252 e. The highest BCUT2D eigenvalue weighted by atomic mass is 32.2. The number of fused-ring (bicyclic) bond motifs is 1. The molecule has 29 heavy (non-hydrogen) atoms. The van der Waals surface area contributed by atoms with Gasteiger partial charge in [0.1, 0.15) is 9.22 Å². The highest BCUT2D eigenvalue weighted by Crippen LogP contribution is 2.31. The summed E-state index contributed by atoms with van der Waals surface area (Å²) in [5, 5.41) is 0.894. The summed E-state index contributed by atoms with van der Waals surface area (Å²) in [6, 6.07) is 11.2. The molecule has 1 fully saturated rings. The molecule has 1 atom stereocenters. The van der Waals surface area contributed by atoms with E-state index in [0.29, 0.717) is 17.3 Å². The van der Waals surface area contributed by atoms with Gasteiger partial charge < -0.3 is 4.90 Å². The number of carbonyl (C=O) groups is 1. The van der Waals surface area contributed by atoms with Crippen LogP contribution in [-0.4, -0.2) is 48.7 Å². The maximum absolute atomic E-state index is 12.8. The van der Waals surface area contributed by atoms with Crippen molar-refractivity contribution in [3.63, 3.8) is 0 Å². The van der Waals surface area contributed by atoms with Crippen LogP contribution in [0.25, 0.3) is 10.2 Å². The molecule has 154 valence electrons. The first kappa shape index (κ1) is 20.5. The first-order chi connectivity index (χ1) is 13.9. The average Bonchev–Trinajstić information content (AvgIpc) is 3.46. The van der Waals surface area contributed by atoms with E-state index in [1.807, 2.05) is 31.2 Å². The second kappa shape index (κ2) is 8.14. The highest BCUT2D eigenvalue weighted by Gasteiger charge is 2.29. The van der Waals surface area contributed by atoms with Gasteiger partial charge in [0.25, 0.3) is 10.0 Å². The van der Waals surface area contributed by atoms with Crippen LogP contribution in [0.5, 0.6) is 0 Å². The quantitative estimate of drug-likeness (QED) is 0.572. The lowest BCUT2D eigenvalue weighted by Gasteiger charge is -2.23. The Morgan fingerprint density at radius 1 is 1.17 bits per heavy atom. The number of sulfonamides is 1. The molecule has 1 aliphatic rings. The minimum absolute atomic E-state index is 0.0521. The van der Waals surface area contributed by atoms with E-state index in [0.717, 1.165) is 32.9 Å². The second-order valence-electron chi connectivity index (χ2n) is 7.21. The normalized spacial score (nSPS) is 16.3. The summed E-state index contributed by atoms with van der Waals surface area (Å²) in [6.45, 7) is 3.13. The Hall–Kier alpha value is -1.81. The van der Waals surface area contributed by atoms with Crippen molar-refractivity contribution in [2.24, 2.45) is 0 Å². The summed E-state index contributed by atoms with van der Waals surface area (Å²) in [5.74, 6) is -0.0521. The highest BCUT2D eigenvalue weighted by molar-refractivity contribution is 7.91. The van der Waals surface area contributed by atoms with Crippen molar-refractivity contribution in [3.05, 3.63) is 46.3 Å². The number of likely N-dealkylation sites (N-methyl/N-ethyl adjacent to an activating group) is 1. The van der Waals surface area contributed by atoms with Crippen molar-refractivity contribution in [1.29, 1.82) is 0 Å². The molecule has 1 aromatic carbocycles. The van der Waals surface area contributed by atoms with Crippen LogP contribution in [-0.2, 0) is 21.2 Å². The number of nitrogens with zero attached hydrogens (tertiary/aromatic N) is 3. The van der Waals surface area contributed by atoms with E-state index in [-0.39, 0.29) is 18.4 Å². The van der Waals surface area contributed by atoms with Gasteiger partial charge >= 0.3 is 0 Å². The Balaban J connectivity index is 1.45. The second-order valence-corrected chi connectivity index (χ2v) is 11.6. The minimum Gasteiger partial charge on any atom is -0.336 e. The Kier molecular flexibility index (Phi) is 5.74. The lowest BCUT2D eigenvalue weighted by molar-refractivity contribution is -0.131. The van der Waals surface area contributed by atoms with Crippen LogP contribution >= 0.6 is 22.7 Å². The van der Waals surface area contributed by atoms with Gasteiger partial charge in [-0.15, -0.1) is 22.7 Å². The summed E-state index contributed by atoms with van der Waals surface area (Å²) in [6.07, 6.45) is 2.00. The van der Waals surface area contributed by atoms with E-state index < -0.39 is 10.0 Å². The molecule has 6 nitrogen and oxygen atoms in total. The number of carbonyl (C=O) groups excluding carboxylic acids is 1. The van der Waals surface area contributed by atoms with E-state index in [2.05, 4.69) is 4.98 Å². The third-order valence-corrected chi connectivity index (χ3v) is 9.92. The van der Waals surface area contributed by atoms with Crippen molar-refractivity contribution in [3.8, 4) is 0 Å². The number of benzene rings is 1. The summed E-state index contributed by atoms with van der Waals surface area (Å²) >= 11 is 2.79. The average molecular weight is 450 g/mol. The maximum Gasteiger partial charge on any atom is 0.252 e. The predicted molar refractivity (Wildman–Crippen MR) is 117 cm³/mol. The first-order valence-electron chi connectivity index (χ1n) is 9.56. The number of aromatic nitrogens is 1. The Labute approximate surface area is 178 Å². The first-order valence-corrected chi connectivity index (χ1v) is 12.6. The van der Waals surface area contributed by atoms with Crippen molar-refractivity contribution in [2.75, 3.05) is 20.1 Å². The molecule has 2 aromatic heterocycles. The number of rotatable bonds is 6. The van der Waals surface area contributed by atoms with Gasteiger partial charge in [0.15, 0.2) is 0 Å². The summed E-state index contributed by atoms with van der Waals surface area (Å²) in [4.78, 5) is 19.9. The van der Waals surface area contributed by atoms with E-state index in [4.69, 9.17) is 0 Å². The van der Waals surface area contributed by atoms with Crippen LogP contribution in [0.2, 0.25) is 0 Å². The van der Waals surface area contributed by atoms with Crippen molar-refractivity contribution in [2.45, 2.75) is 36.4 Å². The number of hydrogen-bond donors (Lipinski definition) is 0. The molecule has 4 rings (SSSR count). The Morgan fingerprint density at radius 2 is 1.90 bits per heavy atom. The molecule has 3 aromatic rings. The third kappa shape index (κ3) is 4.09. The lowest BCUT2D eigenvalue weighted by atomic mass is 10.2. The zero-order valence-corrected chi connectivity index (χ0v) is 18.8. The van der Waals surface area contributed by atoms with Gasteiger partial charge in [-0.1, -0.05) is 12.1 Å². The van der Waals surface area contributed by atoms with Crippen LogP contribution in [0.3, 0.4) is 0 Å². The predicted octanol–water partition coefficient (Wildman–Crippen LogP) is 3.90. The minimum atomic E-state index is -3.43. The van der Waals surface area contributed by atoms with Gasteiger partial charge in [0.05, 0.1) is 22.7 Å². The van der Waals surface area contributed by atoms with Crippen LogP contribution in [0.4, 0.5) is 0 Å². The third-order valence-electron chi connectivity index (χ3n) is 5.26. The number of amides is 1. The fraction of sp³-hybridized carbons (Fsp3) is 0.400. The number of hydrogen-bond acceptors (Lipinski definition) is 6. The van der Waals surface area contributed by atoms with Crippen molar-refractivity contribution in [1.82, 2.24) is 14.2 Å². The van der Waals surface area contributed by atoms with Crippen molar-refractivity contribution >= 4 is 48.8 Å². The van der Waals surface area contributed by atoms with Crippen LogP contribution in [0, 0.1) is 0 Å². The lowest BCUT2D eigenvalue weighted by Crippen LogP contribution is -2.30. The molecule has 0 radical (unpaired) electrons. The number of thiazole rings is 1. The van der Waals surface area contributed by atoms with Gasteiger partial charge in [0.2, 0.25) is 5.91 Å². The summed E-state index contributed by atoms with van der Waals surface area (Å²) in [7, 11) is -1.66. The number of para-hydroxylation sites is 1. The molecule has 0 unspecified atom stereocenters. The van der Waals surface area contributed by atoms with Crippen LogP contribution < -0.4 is 0 Å². The molecule has 0 spiro atoms. The molecule has 0 N–H and O–H groups in total. The molecule has 3 heterocycles. The van der Waals surface area contributed by atoms with Gasteiger partial charge in [-0.2, -0.15) is 4.31 Å². The standard InChI is InChI=1S/C20H23N3O3S3/c1-14(20-21-16-7-3-4-8-17(16)28-20)22(2)18(24)13-15-9-10-19(27-15)29(25,26)23-11-5-6-12-23/h3-4,7-10,14H,5-6,11-13H2,1-2H3/t14-/m1/s1. The molecule has 1 amide bonds. The van der Waals surface area contributed by atoms with E-state index in [1.165, 1.54) is 15.6 Å².